The van der Waals surface area contributed by atoms with E-state index in [2.05, 4.69) is 5.32 Å². The van der Waals surface area contributed by atoms with E-state index < -0.39 is 0 Å². The summed E-state index contributed by atoms with van der Waals surface area (Å²) < 4.78 is 0. The van der Waals surface area contributed by atoms with Crippen LogP contribution in [0, 0.1) is 0 Å². The molecular weight excluding hydrogens is 236 g/mol. The molecule has 0 saturated heterocycles. The van der Waals surface area contributed by atoms with Crippen LogP contribution in [0.25, 0.3) is 0 Å². The number of amides is 2. The molecule has 0 spiro atoms. The predicted octanol–water partition coefficient (Wildman–Crippen LogP) is 2.00. The zero-order chi connectivity index (χ0) is 12.8. The topological polar surface area (TPSA) is 72.2 Å². The van der Waals surface area contributed by atoms with Crippen LogP contribution in [0.3, 0.4) is 0 Å². The van der Waals surface area contributed by atoms with E-state index in [1.165, 1.54) is 18.7 Å². The lowest BCUT2D eigenvalue weighted by molar-refractivity contribution is -0.117. The first-order chi connectivity index (χ1) is 8.02. The lowest BCUT2D eigenvalue weighted by Gasteiger charge is -2.10. The molecule has 0 saturated carbocycles. The third-order valence-corrected chi connectivity index (χ3v) is 3.54. The van der Waals surface area contributed by atoms with Crippen LogP contribution in [0.2, 0.25) is 0 Å². The minimum absolute atomic E-state index is 0.103. The number of hydrogen-bond donors (Lipinski definition) is 2. The molecule has 92 valence electrons. The van der Waals surface area contributed by atoms with Crippen LogP contribution in [0.15, 0.2) is 29.2 Å². The van der Waals surface area contributed by atoms with Crippen molar-refractivity contribution in [2.24, 2.45) is 5.73 Å². The monoisotopic (exact) mass is 252 g/mol. The minimum atomic E-state index is -0.302. The predicted molar refractivity (Wildman–Crippen MR) is 69.9 cm³/mol. The summed E-state index contributed by atoms with van der Waals surface area (Å²) in [6.45, 7) is 3.39. The number of anilines is 1. The molecule has 0 aliphatic heterocycles. The van der Waals surface area contributed by atoms with Gasteiger partial charge in [-0.1, -0.05) is 6.92 Å². The van der Waals surface area contributed by atoms with Gasteiger partial charge in [0.1, 0.15) is 0 Å². The molecule has 4 nitrogen and oxygen atoms in total. The second kappa shape index (κ2) is 6.30. The normalized spacial score (nSPS) is 11.9. The van der Waals surface area contributed by atoms with Gasteiger partial charge in [0.05, 0.1) is 5.25 Å². The van der Waals surface area contributed by atoms with Gasteiger partial charge < -0.3 is 11.1 Å². The Labute approximate surface area is 105 Å². The van der Waals surface area contributed by atoms with Crippen molar-refractivity contribution < 1.29 is 9.59 Å². The smallest absolute Gasteiger partial charge is 0.230 e. The van der Waals surface area contributed by atoms with E-state index in [0.29, 0.717) is 6.42 Å². The maximum absolute atomic E-state index is 11.1. The van der Waals surface area contributed by atoms with Gasteiger partial charge in [0, 0.05) is 17.5 Å². The van der Waals surface area contributed by atoms with Crippen LogP contribution in [-0.4, -0.2) is 17.1 Å². The highest BCUT2D eigenvalue weighted by Crippen LogP contribution is 2.26. The maximum atomic E-state index is 11.1. The van der Waals surface area contributed by atoms with E-state index in [4.69, 9.17) is 5.73 Å². The summed E-state index contributed by atoms with van der Waals surface area (Å²) in [7, 11) is 0. The van der Waals surface area contributed by atoms with E-state index in [0.717, 1.165) is 10.6 Å². The Balaban J connectivity index is 2.67. The van der Waals surface area contributed by atoms with Crippen molar-refractivity contribution >= 4 is 29.3 Å². The largest absolute Gasteiger partial charge is 0.369 e. The van der Waals surface area contributed by atoms with Crippen molar-refractivity contribution in [1.29, 1.82) is 0 Å². The average Bonchev–Trinajstić information content (AvgIpc) is 2.26. The molecule has 2 amide bonds. The standard InChI is InChI=1S/C12H16N2O2S/c1-3-11(12(13)16)17-10-6-4-9(5-7-10)14-8(2)15/h4-7,11H,3H2,1-2H3,(H2,13,16)(H,14,15)/t11-/m0/s1. The summed E-state index contributed by atoms with van der Waals surface area (Å²) in [4.78, 5) is 22.9. The van der Waals surface area contributed by atoms with Crippen molar-refractivity contribution in [2.45, 2.75) is 30.4 Å². The SMILES string of the molecule is CC[C@H](Sc1ccc(NC(C)=O)cc1)C(N)=O. The number of nitrogens with two attached hydrogens (primary N) is 1. The Morgan fingerprint density at radius 2 is 1.94 bits per heavy atom. The molecule has 1 rings (SSSR count). The Hall–Kier alpha value is -1.49. The lowest BCUT2D eigenvalue weighted by Crippen LogP contribution is -2.24. The molecule has 0 radical (unpaired) electrons. The zero-order valence-corrected chi connectivity index (χ0v) is 10.7. The Kier molecular flexibility index (Phi) is 5.03. The molecule has 0 unspecified atom stereocenters. The molecule has 1 atom stereocenters. The van der Waals surface area contributed by atoms with Crippen LogP contribution < -0.4 is 11.1 Å². The first-order valence-electron chi connectivity index (χ1n) is 5.36. The van der Waals surface area contributed by atoms with Crippen molar-refractivity contribution in [1.82, 2.24) is 0 Å². The summed E-state index contributed by atoms with van der Waals surface area (Å²) in [6.07, 6.45) is 0.702. The highest BCUT2D eigenvalue weighted by molar-refractivity contribution is 8.00. The number of thioether (sulfide) groups is 1. The fourth-order valence-electron chi connectivity index (χ4n) is 1.33. The molecule has 5 heteroatoms. The van der Waals surface area contributed by atoms with Gasteiger partial charge in [-0.3, -0.25) is 9.59 Å². The molecule has 3 N–H and O–H groups in total. The first-order valence-corrected chi connectivity index (χ1v) is 6.24. The van der Waals surface area contributed by atoms with E-state index in [-0.39, 0.29) is 17.1 Å². The molecule has 1 aromatic carbocycles. The summed E-state index contributed by atoms with van der Waals surface area (Å²) in [5.74, 6) is -0.405. The molecule has 0 bridgehead atoms. The van der Waals surface area contributed by atoms with Gasteiger partial charge >= 0.3 is 0 Å². The summed E-state index contributed by atoms with van der Waals surface area (Å²) >= 11 is 1.44. The molecule has 17 heavy (non-hydrogen) atoms. The van der Waals surface area contributed by atoms with Crippen molar-refractivity contribution in [3.63, 3.8) is 0 Å². The van der Waals surface area contributed by atoms with E-state index in [1.807, 2.05) is 19.1 Å². The third-order valence-electron chi connectivity index (χ3n) is 2.14. The third kappa shape index (κ3) is 4.48. The van der Waals surface area contributed by atoms with Crippen LogP contribution >= 0.6 is 11.8 Å². The summed E-state index contributed by atoms with van der Waals surface area (Å²) in [6, 6.07) is 7.33. The second-order valence-corrected chi connectivity index (χ2v) is 4.90. The van der Waals surface area contributed by atoms with Crippen molar-refractivity contribution in [3.8, 4) is 0 Å². The minimum Gasteiger partial charge on any atom is -0.369 e. The number of hydrogen-bond acceptors (Lipinski definition) is 3. The van der Waals surface area contributed by atoms with Crippen LogP contribution in [-0.2, 0) is 9.59 Å². The van der Waals surface area contributed by atoms with E-state index in [9.17, 15) is 9.59 Å². The number of benzene rings is 1. The number of nitrogens with one attached hydrogen (secondary N) is 1. The molecule has 0 aliphatic carbocycles. The van der Waals surface area contributed by atoms with Crippen LogP contribution in [0.5, 0.6) is 0 Å². The van der Waals surface area contributed by atoms with Crippen LogP contribution in [0.4, 0.5) is 5.69 Å². The maximum Gasteiger partial charge on any atom is 0.230 e. The van der Waals surface area contributed by atoms with Crippen molar-refractivity contribution in [2.75, 3.05) is 5.32 Å². The van der Waals surface area contributed by atoms with E-state index >= 15 is 0 Å². The van der Waals surface area contributed by atoms with Gasteiger partial charge in [-0.05, 0) is 30.7 Å². The van der Waals surface area contributed by atoms with Gasteiger partial charge in [-0.2, -0.15) is 0 Å². The average molecular weight is 252 g/mol. The number of carbonyl (C=O) groups excluding carboxylic acids is 2. The zero-order valence-electron chi connectivity index (χ0n) is 9.90. The van der Waals surface area contributed by atoms with Gasteiger partial charge in [-0.15, -0.1) is 11.8 Å². The van der Waals surface area contributed by atoms with Gasteiger partial charge in [-0.25, -0.2) is 0 Å². The number of carbonyl (C=O) groups is 2. The summed E-state index contributed by atoms with van der Waals surface area (Å²) in [5.41, 5.74) is 6.02. The van der Waals surface area contributed by atoms with Crippen molar-refractivity contribution in [3.05, 3.63) is 24.3 Å². The quantitative estimate of drug-likeness (QED) is 0.787. The Bertz CT molecular complexity index is 403. The van der Waals surface area contributed by atoms with Crippen LogP contribution in [0.1, 0.15) is 20.3 Å². The Morgan fingerprint density at radius 1 is 1.35 bits per heavy atom. The fraction of sp³-hybridized carbons (Fsp3) is 0.333. The molecule has 0 aliphatic rings. The fourth-order valence-corrected chi connectivity index (χ4v) is 2.23. The highest BCUT2D eigenvalue weighted by atomic mass is 32.2. The highest BCUT2D eigenvalue weighted by Gasteiger charge is 2.13. The summed E-state index contributed by atoms with van der Waals surface area (Å²) in [5, 5.41) is 2.48. The number of primary amides is 1. The number of rotatable bonds is 5. The van der Waals surface area contributed by atoms with E-state index in [1.54, 1.807) is 12.1 Å². The van der Waals surface area contributed by atoms with Gasteiger partial charge in [0.2, 0.25) is 11.8 Å². The second-order valence-electron chi connectivity index (χ2n) is 3.62. The first kappa shape index (κ1) is 13.6. The molecule has 0 aromatic heterocycles. The molecule has 1 aromatic rings. The molecule has 0 fully saturated rings. The van der Waals surface area contributed by atoms with Gasteiger partial charge in [0.25, 0.3) is 0 Å². The lowest BCUT2D eigenvalue weighted by atomic mass is 10.3. The molecule has 0 heterocycles. The van der Waals surface area contributed by atoms with Gasteiger partial charge in [0.15, 0.2) is 0 Å². The Morgan fingerprint density at radius 3 is 2.35 bits per heavy atom. The molecular formula is C12H16N2O2S.